The molecule has 0 amide bonds. The Kier molecular flexibility index (Phi) is 4.02. The first-order valence-corrected chi connectivity index (χ1v) is 6.31. The van der Waals surface area contributed by atoms with Crippen LogP contribution in [0.15, 0.2) is 24.3 Å². The molecule has 2 rings (SSSR count). The summed E-state index contributed by atoms with van der Waals surface area (Å²) in [5.41, 5.74) is 7.37. The van der Waals surface area contributed by atoms with Gasteiger partial charge in [0.1, 0.15) is 5.75 Å². The van der Waals surface area contributed by atoms with Crippen LogP contribution in [-0.4, -0.2) is 31.6 Å². The van der Waals surface area contributed by atoms with Gasteiger partial charge in [-0.15, -0.1) is 0 Å². The van der Waals surface area contributed by atoms with Gasteiger partial charge < -0.3 is 15.4 Å². The highest BCUT2D eigenvalue weighted by Gasteiger charge is 2.24. The first kappa shape index (κ1) is 12.4. The molecule has 0 bridgehead atoms. The molecule has 3 heteroatoms. The third-order valence-electron chi connectivity index (χ3n) is 3.72. The number of hydrogen-bond donors (Lipinski definition) is 1. The van der Waals surface area contributed by atoms with E-state index in [1.165, 1.54) is 19.3 Å². The zero-order valence-corrected chi connectivity index (χ0v) is 10.7. The lowest BCUT2D eigenvalue weighted by molar-refractivity contribution is 0.151. The van der Waals surface area contributed by atoms with Crippen molar-refractivity contribution >= 4 is 0 Å². The van der Waals surface area contributed by atoms with E-state index in [4.69, 9.17) is 10.5 Å². The molecule has 1 fully saturated rings. The van der Waals surface area contributed by atoms with Crippen molar-refractivity contribution in [3.05, 3.63) is 29.8 Å². The average molecular weight is 234 g/mol. The van der Waals surface area contributed by atoms with E-state index in [1.807, 2.05) is 18.2 Å². The summed E-state index contributed by atoms with van der Waals surface area (Å²) in [5.74, 6) is 0.891. The van der Waals surface area contributed by atoms with Crippen LogP contribution in [0.25, 0.3) is 0 Å². The van der Waals surface area contributed by atoms with Crippen LogP contribution in [0.4, 0.5) is 0 Å². The third-order valence-corrected chi connectivity index (χ3v) is 3.72. The molecule has 0 radical (unpaired) electrons. The highest BCUT2D eigenvalue weighted by atomic mass is 16.5. The fourth-order valence-electron chi connectivity index (χ4n) is 2.36. The van der Waals surface area contributed by atoms with Crippen LogP contribution in [0, 0.1) is 0 Å². The number of nitrogens with two attached hydrogens (primary N) is 1. The van der Waals surface area contributed by atoms with Crippen LogP contribution < -0.4 is 10.5 Å². The second kappa shape index (κ2) is 5.52. The highest BCUT2D eigenvalue weighted by Crippen LogP contribution is 2.27. The van der Waals surface area contributed by atoms with E-state index in [1.54, 1.807) is 7.11 Å². The van der Waals surface area contributed by atoms with E-state index in [2.05, 4.69) is 18.0 Å². The van der Waals surface area contributed by atoms with Crippen molar-refractivity contribution in [1.82, 2.24) is 4.90 Å². The number of para-hydroxylation sites is 1. The van der Waals surface area contributed by atoms with Gasteiger partial charge in [-0.2, -0.15) is 0 Å². The van der Waals surface area contributed by atoms with Gasteiger partial charge in [-0.05, 0) is 26.0 Å². The maximum atomic E-state index is 6.27. The molecule has 17 heavy (non-hydrogen) atoms. The third kappa shape index (κ3) is 2.79. The lowest BCUT2D eigenvalue weighted by Gasteiger charge is -2.36. The van der Waals surface area contributed by atoms with E-state index < -0.39 is 0 Å². The van der Waals surface area contributed by atoms with E-state index in [0.717, 1.165) is 23.9 Å². The van der Waals surface area contributed by atoms with E-state index in [9.17, 15) is 0 Å². The quantitative estimate of drug-likeness (QED) is 0.848. The zero-order valence-electron chi connectivity index (χ0n) is 10.7. The van der Waals surface area contributed by atoms with Crippen molar-refractivity contribution in [1.29, 1.82) is 0 Å². The zero-order chi connectivity index (χ0) is 12.3. The van der Waals surface area contributed by atoms with Gasteiger partial charge in [0.2, 0.25) is 0 Å². The SMILES string of the molecule is COc1ccccc1C(N)CN(C)C1CCC1. The van der Waals surface area contributed by atoms with Crippen molar-refractivity contribution in [3.63, 3.8) is 0 Å². The Morgan fingerprint density at radius 1 is 1.41 bits per heavy atom. The Labute approximate surface area is 104 Å². The van der Waals surface area contributed by atoms with Crippen LogP contribution in [0.3, 0.4) is 0 Å². The highest BCUT2D eigenvalue weighted by molar-refractivity contribution is 5.35. The minimum atomic E-state index is 0.0248. The fraction of sp³-hybridized carbons (Fsp3) is 0.571. The van der Waals surface area contributed by atoms with Crippen LogP contribution in [0.5, 0.6) is 5.75 Å². The molecule has 0 spiro atoms. The average Bonchev–Trinajstić information content (AvgIpc) is 2.26. The number of methoxy groups -OCH3 is 1. The van der Waals surface area contributed by atoms with Crippen molar-refractivity contribution < 1.29 is 4.74 Å². The second-order valence-corrected chi connectivity index (χ2v) is 4.87. The Balaban J connectivity index is 2.00. The summed E-state index contributed by atoms with van der Waals surface area (Å²) >= 11 is 0. The van der Waals surface area contributed by atoms with Gasteiger partial charge in [0.05, 0.1) is 7.11 Å². The fourth-order valence-corrected chi connectivity index (χ4v) is 2.36. The maximum absolute atomic E-state index is 6.27. The van der Waals surface area contributed by atoms with Gasteiger partial charge in [-0.3, -0.25) is 0 Å². The molecule has 94 valence electrons. The molecular weight excluding hydrogens is 212 g/mol. The molecule has 3 nitrogen and oxygen atoms in total. The van der Waals surface area contributed by atoms with Crippen LogP contribution in [-0.2, 0) is 0 Å². The number of hydrogen-bond acceptors (Lipinski definition) is 3. The smallest absolute Gasteiger partial charge is 0.123 e. The summed E-state index contributed by atoms with van der Waals surface area (Å²) in [4.78, 5) is 2.38. The minimum Gasteiger partial charge on any atom is -0.496 e. The molecule has 1 aliphatic rings. The van der Waals surface area contributed by atoms with Gasteiger partial charge in [-0.1, -0.05) is 24.6 Å². The number of likely N-dealkylation sites (N-methyl/N-ethyl adjacent to an activating group) is 1. The van der Waals surface area contributed by atoms with Crippen molar-refractivity contribution in [2.24, 2.45) is 5.73 Å². The molecule has 1 unspecified atom stereocenters. The molecule has 1 aromatic rings. The van der Waals surface area contributed by atoms with E-state index in [-0.39, 0.29) is 6.04 Å². The summed E-state index contributed by atoms with van der Waals surface area (Å²) in [5, 5.41) is 0. The van der Waals surface area contributed by atoms with Crippen molar-refractivity contribution in [3.8, 4) is 5.75 Å². The molecule has 0 aliphatic heterocycles. The Bertz CT molecular complexity index is 363. The normalized spacial score (nSPS) is 17.9. The largest absolute Gasteiger partial charge is 0.496 e. The predicted molar refractivity (Wildman–Crippen MR) is 70.2 cm³/mol. The topological polar surface area (TPSA) is 38.5 Å². The molecular formula is C14H22N2O. The van der Waals surface area contributed by atoms with Gasteiger partial charge in [0.25, 0.3) is 0 Å². The van der Waals surface area contributed by atoms with E-state index in [0.29, 0.717) is 0 Å². The summed E-state index contributed by atoms with van der Waals surface area (Å²) in [6.45, 7) is 0.894. The maximum Gasteiger partial charge on any atom is 0.123 e. The lowest BCUT2D eigenvalue weighted by Crippen LogP contribution is -2.41. The second-order valence-electron chi connectivity index (χ2n) is 4.87. The monoisotopic (exact) mass is 234 g/mol. The van der Waals surface area contributed by atoms with E-state index >= 15 is 0 Å². The molecule has 0 saturated heterocycles. The van der Waals surface area contributed by atoms with Gasteiger partial charge in [0, 0.05) is 24.2 Å². The van der Waals surface area contributed by atoms with Crippen molar-refractivity contribution in [2.75, 3.05) is 20.7 Å². The molecule has 1 aromatic carbocycles. The standard InChI is InChI=1S/C14H22N2O/c1-16(11-6-5-7-11)10-13(15)12-8-3-4-9-14(12)17-2/h3-4,8-9,11,13H,5-7,10,15H2,1-2H3. The number of nitrogens with zero attached hydrogens (tertiary/aromatic N) is 1. The summed E-state index contributed by atoms with van der Waals surface area (Å²) in [6.07, 6.45) is 3.99. The molecule has 0 aromatic heterocycles. The minimum absolute atomic E-state index is 0.0248. The van der Waals surface area contributed by atoms with Gasteiger partial charge in [-0.25, -0.2) is 0 Å². The first-order valence-electron chi connectivity index (χ1n) is 6.31. The first-order chi connectivity index (χ1) is 8.22. The molecule has 1 saturated carbocycles. The number of benzene rings is 1. The van der Waals surface area contributed by atoms with Crippen LogP contribution in [0.1, 0.15) is 30.9 Å². The molecule has 0 heterocycles. The van der Waals surface area contributed by atoms with Crippen molar-refractivity contribution in [2.45, 2.75) is 31.3 Å². The van der Waals surface area contributed by atoms with Crippen LogP contribution in [0.2, 0.25) is 0 Å². The molecule has 1 aliphatic carbocycles. The molecule has 2 N–H and O–H groups in total. The predicted octanol–water partition coefficient (Wildman–Crippen LogP) is 2.18. The van der Waals surface area contributed by atoms with Crippen LogP contribution >= 0.6 is 0 Å². The summed E-state index contributed by atoms with van der Waals surface area (Å²) < 4.78 is 5.35. The molecule has 1 atom stereocenters. The lowest BCUT2D eigenvalue weighted by atomic mass is 9.91. The number of rotatable bonds is 5. The number of ether oxygens (including phenoxy) is 1. The summed E-state index contributed by atoms with van der Waals surface area (Å²) in [6, 6.07) is 8.77. The van der Waals surface area contributed by atoms with Gasteiger partial charge >= 0.3 is 0 Å². The van der Waals surface area contributed by atoms with Gasteiger partial charge in [0.15, 0.2) is 0 Å². The Hall–Kier alpha value is -1.06. The Morgan fingerprint density at radius 3 is 2.71 bits per heavy atom. The Morgan fingerprint density at radius 2 is 2.12 bits per heavy atom. The summed E-state index contributed by atoms with van der Waals surface area (Å²) in [7, 11) is 3.86.